The van der Waals surface area contributed by atoms with Crippen LogP contribution in [-0.4, -0.2) is 37.1 Å². The van der Waals surface area contributed by atoms with Gasteiger partial charge >= 0.3 is 5.69 Å². The van der Waals surface area contributed by atoms with Crippen molar-refractivity contribution in [2.75, 3.05) is 7.11 Å². The van der Waals surface area contributed by atoms with E-state index in [1.54, 1.807) is 7.05 Å². The predicted molar refractivity (Wildman–Crippen MR) is 45.3 cm³/mol. The molecule has 8 nitrogen and oxygen atoms in total. The summed E-state index contributed by atoms with van der Waals surface area (Å²) < 4.78 is 7.63. The Bertz CT molecular complexity index is 494. The van der Waals surface area contributed by atoms with E-state index >= 15 is 0 Å². The lowest BCUT2D eigenvalue weighted by Gasteiger charge is -2.01. The highest BCUT2D eigenvalue weighted by atomic mass is 16.5. The first kappa shape index (κ1) is 8.48. The first-order chi connectivity index (χ1) is 6.74. The van der Waals surface area contributed by atoms with Gasteiger partial charge in [-0.25, -0.2) is 14.6 Å². The Balaban J connectivity index is 2.63. The van der Waals surface area contributed by atoms with Crippen LogP contribution in [0.15, 0.2) is 11.0 Å². The number of hydrogen-bond donors (Lipinski definition) is 1. The fraction of sp³-hybridized carbons (Fsp3) is 0.333. The van der Waals surface area contributed by atoms with E-state index in [1.807, 2.05) is 0 Å². The topological polar surface area (TPSA) is 90.6 Å². The molecule has 0 aliphatic carbocycles. The van der Waals surface area contributed by atoms with E-state index in [1.165, 1.54) is 18.0 Å². The summed E-state index contributed by atoms with van der Waals surface area (Å²) in [6.45, 7) is 0. The van der Waals surface area contributed by atoms with Crippen LogP contribution in [0, 0.1) is 0 Å². The first-order valence-electron chi connectivity index (χ1n) is 3.81. The van der Waals surface area contributed by atoms with Gasteiger partial charge in [0.2, 0.25) is 5.88 Å². The number of H-pyrrole nitrogens is 1. The zero-order valence-corrected chi connectivity index (χ0v) is 7.63. The number of rotatable bonds is 2. The van der Waals surface area contributed by atoms with Gasteiger partial charge in [-0.2, -0.15) is 9.78 Å². The molecule has 0 amide bonds. The van der Waals surface area contributed by atoms with E-state index in [0.29, 0.717) is 11.6 Å². The maximum absolute atomic E-state index is 11.2. The Morgan fingerprint density at radius 3 is 2.93 bits per heavy atom. The molecule has 2 aromatic heterocycles. The molecule has 0 fully saturated rings. The molecule has 0 aliphatic rings. The highest BCUT2D eigenvalue weighted by Gasteiger charge is 2.13. The summed E-state index contributed by atoms with van der Waals surface area (Å²) >= 11 is 0. The second-order valence-corrected chi connectivity index (χ2v) is 2.58. The fourth-order valence-corrected chi connectivity index (χ4v) is 1.15. The minimum Gasteiger partial charge on any atom is -0.480 e. The zero-order chi connectivity index (χ0) is 10.1. The van der Waals surface area contributed by atoms with Gasteiger partial charge < -0.3 is 4.74 Å². The molecular formula is C6H8N6O2. The van der Waals surface area contributed by atoms with Crippen LogP contribution < -0.4 is 10.4 Å². The van der Waals surface area contributed by atoms with Gasteiger partial charge in [-0.05, 0) is 10.4 Å². The van der Waals surface area contributed by atoms with Crippen molar-refractivity contribution in [3.63, 3.8) is 0 Å². The smallest absolute Gasteiger partial charge is 0.366 e. The lowest BCUT2D eigenvalue weighted by molar-refractivity contribution is 0.370. The van der Waals surface area contributed by atoms with Crippen molar-refractivity contribution >= 4 is 0 Å². The third kappa shape index (κ3) is 1.08. The standard InChI is InChI=1S/C6H8N6O2/c1-11-5(14-2)4(3-7-11)12-6(13)8-9-10-12/h3H,1-2H3,(H,8,10,13). The normalized spacial score (nSPS) is 10.4. The molecule has 0 saturated heterocycles. The number of hydrogen-bond acceptors (Lipinski definition) is 5. The third-order valence-corrected chi connectivity index (χ3v) is 1.76. The van der Waals surface area contributed by atoms with Crippen LogP contribution in [0.2, 0.25) is 0 Å². The lowest BCUT2D eigenvalue weighted by atomic mass is 10.5. The average molecular weight is 196 g/mol. The van der Waals surface area contributed by atoms with Crippen molar-refractivity contribution in [1.82, 2.24) is 30.0 Å². The highest BCUT2D eigenvalue weighted by Crippen LogP contribution is 2.17. The molecule has 0 unspecified atom stereocenters. The van der Waals surface area contributed by atoms with E-state index in [4.69, 9.17) is 4.74 Å². The summed E-state index contributed by atoms with van der Waals surface area (Å²) in [5, 5.41) is 13.1. The summed E-state index contributed by atoms with van der Waals surface area (Å²) in [6, 6.07) is 0. The van der Waals surface area contributed by atoms with Gasteiger partial charge in [0.05, 0.1) is 13.3 Å². The van der Waals surface area contributed by atoms with Gasteiger partial charge in [0.15, 0.2) is 5.69 Å². The molecule has 8 heteroatoms. The van der Waals surface area contributed by atoms with E-state index in [-0.39, 0.29) is 0 Å². The number of nitrogens with one attached hydrogen (secondary N) is 1. The summed E-state index contributed by atoms with van der Waals surface area (Å²) in [7, 11) is 3.19. The van der Waals surface area contributed by atoms with E-state index < -0.39 is 5.69 Å². The monoisotopic (exact) mass is 196 g/mol. The van der Waals surface area contributed by atoms with Crippen molar-refractivity contribution in [1.29, 1.82) is 0 Å². The molecular weight excluding hydrogens is 188 g/mol. The van der Waals surface area contributed by atoms with Gasteiger partial charge in [0.1, 0.15) is 0 Å². The van der Waals surface area contributed by atoms with Crippen molar-refractivity contribution < 1.29 is 4.74 Å². The quantitative estimate of drug-likeness (QED) is 0.644. The molecule has 0 spiro atoms. The van der Waals surface area contributed by atoms with Crippen LogP contribution in [0.25, 0.3) is 5.69 Å². The number of tetrazole rings is 1. The highest BCUT2D eigenvalue weighted by molar-refractivity contribution is 5.38. The zero-order valence-electron chi connectivity index (χ0n) is 7.63. The first-order valence-corrected chi connectivity index (χ1v) is 3.81. The summed E-state index contributed by atoms with van der Waals surface area (Å²) in [4.78, 5) is 11.2. The van der Waals surface area contributed by atoms with Crippen molar-refractivity contribution in [3.8, 4) is 11.6 Å². The van der Waals surface area contributed by atoms with E-state index in [2.05, 4.69) is 20.6 Å². The van der Waals surface area contributed by atoms with Crippen LogP contribution in [-0.2, 0) is 7.05 Å². The second-order valence-electron chi connectivity index (χ2n) is 2.58. The van der Waals surface area contributed by atoms with Crippen LogP contribution in [0.5, 0.6) is 5.88 Å². The van der Waals surface area contributed by atoms with E-state index in [9.17, 15) is 4.79 Å². The number of ether oxygens (including phenoxy) is 1. The van der Waals surface area contributed by atoms with Crippen molar-refractivity contribution in [2.45, 2.75) is 0 Å². The van der Waals surface area contributed by atoms with Gasteiger partial charge in [-0.3, -0.25) is 0 Å². The molecule has 2 aromatic rings. The third-order valence-electron chi connectivity index (χ3n) is 1.76. The largest absolute Gasteiger partial charge is 0.480 e. The summed E-state index contributed by atoms with van der Waals surface area (Å²) in [5.74, 6) is 0.445. The van der Waals surface area contributed by atoms with Crippen LogP contribution >= 0.6 is 0 Å². The summed E-state index contributed by atoms with van der Waals surface area (Å²) in [5.41, 5.74) is 0.0186. The number of aromatic nitrogens is 6. The molecule has 0 radical (unpaired) electrons. The SMILES string of the molecule is COc1c(-n2nn[nH]c2=O)cnn1C. The summed E-state index contributed by atoms with van der Waals surface area (Å²) in [6.07, 6.45) is 1.47. The Labute approximate surface area is 78.1 Å². The Morgan fingerprint density at radius 2 is 2.36 bits per heavy atom. The molecule has 0 aromatic carbocycles. The Morgan fingerprint density at radius 1 is 1.57 bits per heavy atom. The maximum Gasteiger partial charge on any atom is 0.366 e. The molecule has 1 N–H and O–H groups in total. The van der Waals surface area contributed by atoms with Gasteiger partial charge in [-0.15, -0.1) is 0 Å². The Kier molecular flexibility index (Phi) is 1.80. The average Bonchev–Trinajstić information content (AvgIpc) is 2.71. The van der Waals surface area contributed by atoms with Crippen molar-refractivity contribution in [3.05, 3.63) is 16.7 Å². The second kappa shape index (κ2) is 2.98. The number of aryl methyl sites for hydroxylation is 1. The number of nitrogens with zero attached hydrogens (tertiary/aromatic N) is 5. The van der Waals surface area contributed by atoms with E-state index in [0.717, 1.165) is 4.68 Å². The molecule has 0 atom stereocenters. The van der Waals surface area contributed by atoms with Crippen LogP contribution in [0.1, 0.15) is 0 Å². The van der Waals surface area contributed by atoms with Crippen molar-refractivity contribution in [2.24, 2.45) is 7.05 Å². The molecule has 74 valence electrons. The molecule has 0 aliphatic heterocycles. The molecule has 0 saturated carbocycles. The fourth-order valence-electron chi connectivity index (χ4n) is 1.15. The van der Waals surface area contributed by atoms with Gasteiger partial charge in [0, 0.05) is 7.05 Å². The number of aromatic amines is 1. The molecule has 14 heavy (non-hydrogen) atoms. The molecule has 2 rings (SSSR count). The van der Waals surface area contributed by atoms with Gasteiger partial charge in [-0.1, -0.05) is 0 Å². The minimum atomic E-state index is -0.434. The Hall–Kier alpha value is -2.12. The van der Waals surface area contributed by atoms with Crippen LogP contribution in [0.3, 0.4) is 0 Å². The predicted octanol–water partition coefficient (Wildman–Crippen LogP) is -1.30. The molecule has 0 bridgehead atoms. The number of methoxy groups -OCH3 is 1. The van der Waals surface area contributed by atoms with Crippen LogP contribution in [0.4, 0.5) is 0 Å². The lowest BCUT2D eigenvalue weighted by Crippen LogP contribution is -2.16. The molecule has 2 heterocycles. The maximum atomic E-state index is 11.2. The van der Waals surface area contributed by atoms with Gasteiger partial charge in [0.25, 0.3) is 0 Å². The minimum absolute atomic E-state index is 0.434.